The van der Waals surface area contributed by atoms with Gasteiger partial charge in [0.15, 0.2) is 0 Å². The van der Waals surface area contributed by atoms with Crippen molar-refractivity contribution in [2.75, 3.05) is 17.2 Å². The molecule has 23 heavy (non-hydrogen) atoms. The van der Waals surface area contributed by atoms with Crippen LogP contribution in [0.3, 0.4) is 0 Å². The summed E-state index contributed by atoms with van der Waals surface area (Å²) in [6.07, 6.45) is 0. The van der Waals surface area contributed by atoms with Gasteiger partial charge in [-0.3, -0.25) is 4.79 Å². The van der Waals surface area contributed by atoms with Crippen LogP contribution in [0.5, 0.6) is 0 Å². The smallest absolute Gasteiger partial charge is 0.323 e. The van der Waals surface area contributed by atoms with Gasteiger partial charge >= 0.3 is 6.03 Å². The summed E-state index contributed by atoms with van der Waals surface area (Å²) in [5, 5.41) is 8.14. The van der Waals surface area contributed by atoms with Crippen molar-refractivity contribution in [2.45, 2.75) is 6.92 Å². The fourth-order valence-corrected chi connectivity index (χ4v) is 2.68. The first-order valence-electron chi connectivity index (χ1n) is 6.91. The first kappa shape index (κ1) is 17.5. The number of benzene rings is 2. The largest absolute Gasteiger partial charge is 0.352 e. The minimum absolute atomic E-state index is 0.238. The van der Waals surface area contributed by atoms with Crippen molar-refractivity contribution in [1.29, 1.82) is 0 Å². The van der Waals surface area contributed by atoms with Crippen molar-refractivity contribution in [3.63, 3.8) is 0 Å². The monoisotopic (exact) mass is 439 g/mol. The molecule has 0 aromatic heterocycles. The first-order valence-corrected chi connectivity index (χ1v) is 8.49. The molecule has 0 atom stereocenters. The van der Waals surface area contributed by atoms with E-state index in [2.05, 4.69) is 47.8 Å². The third-order valence-corrected chi connectivity index (χ3v) is 3.88. The molecule has 5 nitrogen and oxygen atoms in total. The van der Waals surface area contributed by atoms with Crippen LogP contribution in [-0.2, 0) is 0 Å². The molecule has 0 radical (unpaired) electrons. The van der Waals surface area contributed by atoms with Gasteiger partial charge in [-0.1, -0.05) is 37.9 Å². The lowest BCUT2D eigenvalue weighted by molar-refractivity contribution is 0.0956. The Morgan fingerprint density at radius 3 is 2.43 bits per heavy atom. The molecule has 0 aliphatic heterocycles. The van der Waals surface area contributed by atoms with Crippen molar-refractivity contribution in [2.24, 2.45) is 0 Å². The highest BCUT2D eigenvalue weighted by Gasteiger charge is 2.13. The Morgan fingerprint density at radius 2 is 1.74 bits per heavy atom. The van der Waals surface area contributed by atoms with Crippen molar-refractivity contribution < 1.29 is 9.59 Å². The van der Waals surface area contributed by atoms with Gasteiger partial charge in [-0.15, -0.1) is 0 Å². The second-order valence-electron chi connectivity index (χ2n) is 4.64. The van der Waals surface area contributed by atoms with E-state index < -0.39 is 6.03 Å². The van der Waals surface area contributed by atoms with Crippen LogP contribution < -0.4 is 16.0 Å². The Bertz CT molecular complexity index is 735. The van der Waals surface area contributed by atoms with E-state index in [9.17, 15) is 9.59 Å². The summed E-state index contributed by atoms with van der Waals surface area (Å²) in [5.74, 6) is -0.238. The maximum atomic E-state index is 12.2. The molecule has 120 valence electrons. The number of rotatable bonds is 4. The Hall–Kier alpha value is -1.86. The van der Waals surface area contributed by atoms with E-state index in [1.54, 1.807) is 30.3 Å². The predicted octanol–water partition coefficient (Wildman–Crippen LogP) is 4.61. The number of anilines is 2. The highest BCUT2D eigenvalue weighted by Crippen LogP contribution is 2.22. The Kier molecular flexibility index (Phi) is 6.18. The molecule has 2 aromatic rings. The molecule has 0 spiro atoms. The summed E-state index contributed by atoms with van der Waals surface area (Å²) in [6.45, 7) is 2.35. The van der Waals surface area contributed by atoms with Crippen molar-refractivity contribution in [3.05, 3.63) is 57.0 Å². The lowest BCUT2D eigenvalue weighted by Crippen LogP contribution is -2.26. The van der Waals surface area contributed by atoms with Crippen LogP contribution in [0.4, 0.5) is 16.2 Å². The second kappa shape index (κ2) is 8.12. The predicted molar refractivity (Wildman–Crippen MR) is 98.9 cm³/mol. The normalized spacial score (nSPS) is 10.0. The highest BCUT2D eigenvalue weighted by molar-refractivity contribution is 9.10. The van der Waals surface area contributed by atoms with E-state index in [4.69, 9.17) is 0 Å². The summed E-state index contributed by atoms with van der Waals surface area (Å²) < 4.78 is 1.63. The summed E-state index contributed by atoms with van der Waals surface area (Å²) in [7, 11) is 0. The number of hydrogen-bond acceptors (Lipinski definition) is 2. The lowest BCUT2D eigenvalue weighted by Gasteiger charge is -2.12. The number of halogens is 2. The summed E-state index contributed by atoms with van der Waals surface area (Å²) in [6, 6.07) is 11.9. The van der Waals surface area contributed by atoms with Crippen LogP contribution in [0.2, 0.25) is 0 Å². The third-order valence-electron chi connectivity index (χ3n) is 2.89. The van der Waals surface area contributed by atoms with Gasteiger partial charge in [-0.05, 0) is 43.3 Å². The number of hydrogen-bond donors (Lipinski definition) is 3. The van der Waals surface area contributed by atoms with Crippen LogP contribution in [0.25, 0.3) is 0 Å². The van der Waals surface area contributed by atoms with Gasteiger partial charge < -0.3 is 16.0 Å². The first-order chi connectivity index (χ1) is 11.0. The lowest BCUT2D eigenvalue weighted by atomic mass is 10.1. The Labute approximate surface area is 151 Å². The van der Waals surface area contributed by atoms with Gasteiger partial charge in [0.2, 0.25) is 0 Å². The quantitative estimate of drug-likeness (QED) is 0.649. The van der Waals surface area contributed by atoms with E-state index >= 15 is 0 Å². The third kappa shape index (κ3) is 5.07. The van der Waals surface area contributed by atoms with Crippen LogP contribution in [0.1, 0.15) is 17.3 Å². The van der Waals surface area contributed by atoms with Gasteiger partial charge in [0, 0.05) is 21.2 Å². The molecule has 3 amide bonds. The number of nitrogens with one attached hydrogen (secondary N) is 3. The average molecular weight is 441 g/mol. The van der Waals surface area contributed by atoms with Gasteiger partial charge in [-0.25, -0.2) is 4.79 Å². The Balaban J connectivity index is 2.16. The van der Waals surface area contributed by atoms with Crippen LogP contribution >= 0.6 is 31.9 Å². The highest BCUT2D eigenvalue weighted by atomic mass is 79.9. The molecule has 0 aliphatic carbocycles. The molecule has 0 fully saturated rings. The zero-order valence-electron chi connectivity index (χ0n) is 12.3. The van der Waals surface area contributed by atoms with Crippen LogP contribution in [0, 0.1) is 0 Å². The van der Waals surface area contributed by atoms with Gasteiger partial charge in [-0.2, -0.15) is 0 Å². The standard InChI is InChI=1S/C16H15Br2N3O2/c1-2-19-15(22)13-7-6-11(18)9-14(13)21-16(23)20-12-5-3-4-10(17)8-12/h3-9H,2H2,1H3,(H,19,22)(H2,20,21,23). The Morgan fingerprint density at radius 1 is 1.00 bits per heavy atom. The van der Waals surface area contributed by atoms with Crippen molar-refractivity contribution >= 4 is 55.2 Å². The molecule has 2 rings (SSSR count). The molecule has 0 unspecified atom stereocenters. The maximum Gasteiger partial charge on any atom is 0.323 e. The van der Waals surface area contributed by atoms with Crippen LogP contribution in [0.15, 0.2) is 51.4 Å². The number of amides is 3. The molecular formula is C16H15Br2N3O2. The van der Waals surface area contributed by atoms with E-state index in [1.807, 2.05) is 19.1 Å². The summed E-state index contributed by atoms with van der Waals surface area (Å²) in [4.78, 5) is 24.2. The molecule has 2 aromatic carbocycles. The SMILES string of the molecule is CCNC(=O)c1ccc(Br)cc1NC(=O)Nc1cccc(Br)c1. The van der Waals surface area contributed by atoms with Crippen LogP contribution in [-0.4, -0.2) is 18.5 Å². The van der Waals surface area contributed by atoms with E-state index in [0.717, 1.165) is 8.95 Å². The topological polar surface area (TPSA) is 70.2 Å². The fourth-order valence-electron chi connectivity index (χ4n) is 1.92. The fraction of sp³-hybridized carbons (Fsp3) is 0.125. The van der Waals surface area contributed by atoms with Gasteiger partial charge in [0.1, 0.15) is 0 Å². The van der Waals surface area contributed by atoms with E-state index in [-0.39, 0.29) is 5.91 Å². The minimum atomic E-state index is -0.424. The van der Waals surface area contributed by atoms with E-state index in [0.29, 0.717) is 23.5 Å². The molecule has 0 aliphatic rings. The molecular weight excluding hydrogens is 426 g/mol. The number of urea groups is 1. The second-order valence-corrected chi connectivity index (χ2v) is 6.47. The zero-order valence-corrected chi connectivity index (χ0v) is 15.5. The summed E-state index contributed by atoms with van der Waals surface area (Å²) >= 11 is 6.69. The number of carbonyl (C=O) groups excluding carboxylic acids is 2. The van der Waals surface area contributed by atoms with Crippen molar-refractivity contribution in [1.82, 2.24) is 5.32 Å². The average Bonchev–Trinajstić information content (AvgIpc) is 2.47. The molecule has 0 bridgehead atoms. The molecule has 0 saturated carbocycles. The van der Waals surface area contributed by atoms with Gasteiger partial charge in [0.05, 0.1) is 11.3 Å². The zero-order chi connectivity index (χ0) is 16.8. The number of carbonyl (C=O) groups is 2. The molecule has 7 heteroatoms. The van der Waals surface area contributed by atoms with E-state index in [1.165, 1.54) is 0 Å². The molecule has 3 N–H and O–H groups in total. The van der Waals surface area contributed by atoms with Gasteiger partial charge in [0.25, 0.3) is 5.91 Å². The minimum Gasteiger partial charge on any atom is -0.352 e. The van der Waals surface area contributed by atoms with Crippen molar-refractivity contribution in [3.8, 4) is 0 Å². The molecule has 0 heterocycles. The summed E-state index contributed by atoms with van der Waals surface area (Å²) in [5.41, 5.74) is 1.48. The molecule has 0 saturated heterocycles. The maximum absolute atomic E-state index is 12.2.